The fourth-order valence-electron chi connectivity index (χ4n) is 2.64. The zero-order valence-electron chi connectivity index (χ0n) is 10.7. The van der Waals surface area contributed by atoms with Gasteiger partial charge in [0.05, 0.1) is 11.6 Å². The van der Waals surface area contributed by atoms with Crippen LogP contribution in [0.2, 0.25) is 0 Å². The molecule has 0 aliphatic heterocycles. The number of nitrogens with one attached hydrogen (secondary N) is 1. The van der Waals surface area contributed by atoms with Crippen molar-refractivity contribution in [3.05, 3.63) is 35.4 Å². The Kier molecular flexibility index (Phi) is 4.81. The molecule has 0 bridgehead atoms. The molecular weight excluding hydrogens is 260 g/mol. The summed E-state index contributed by atoms with van der Waals surface area (Å²) in [5, 5.41) is 11.8. The molecule has 1 aliphatic rings. The molecule has 1 aromatic rings. The third-order valence-corrected chi connectivity index (χ3v) is 4.19. The van der Waals surface area contributed by atoms with Gasteiger partial charge in [0.25, 0.3) is 5.91 Å². The molecule has 3 nitrogen and oxygen atoms in total. The Bertz CT molecular complexity index is 495. The van der Waals surface area contributed by atoms with Crippen LogP contribution in [-0.4, -0.2) is 18.3 Å². The maximum atomic E-state index is 12.0. The molecule has 0 spiro atoms. The smallest absolute Gasteiger partial charge is 0.251 e. The number of hydrogen-bond acceptors (Lipinski definition) is 2. The van der Waals surface area contributed by atoms with Crippen LogP contribution in [0.15, 0.2) is 24.3 Å². The molecule has 2 unspecified atom stereocenters. The summed E-state index contributed by atoms with van der Waals surface area (Å²) in [5.74, 6) is 1.56. The van der Waals surface area contributed by atoms with Gasteiger partial charge in [-0.15, -0.1) is 11.6 Å². The normalized spacial score (nSPS) is 21.9. The highest BCUT2D eigenvalue weighted by atomic mass is 35.5. The minimum Gasteiger partial charge on any atom is -0.352 e. The van der Waals surface area contributed by atoms with Crippen LogP contribution in [0.4, 0.5) is 0 Å². The topological polar surface area (TPSA) is 52.9 Å². The van der Waals surface area contributed by atoms with Crippen LogP contribution in [0.25, 0.3) is 0 Å². The van der Waals surface area contributed by atoms with Crippen LogP contribution in [-0.2, 0) is 0 Å². The second kappa shape index (κ2) is 6.58. The first-order valence-corrected chi connectivity index (χ1v) is 7.12. The molecule has 1 aliphatic carbocycles. The third-order valence-electron chi connectivity index (χ3n) is 3.79. The zero-order chi connectivity index (χ0) is 13.7. The standard InChI is InChI=1S/C15H17ClN2O/c16-8-13-5-2-6-14(13)10-18-15(19)12-4-1-3-11(7-12)9-17/h1,3-4,7,13-14H,2,5-6,8,10H2,(H,18,19). The predicted molar refractivity (Wildman–Crippen MR) is 75.0 cm³/mol. The molecule has 1 fully saturated rings. The van der Waals surface area contributed by atoms with Gasteiger partial charge in [-0.3, -0.25) is 4.79 Å². The average molecular weight is 277 g/mol. The molecule has 19 heavy (non-hydrogen) atoms. The van der Waals surface area contributed by atoms with E-state index < -0.39 is 0 Å². The number of carbonyl (C=O) groups excluding carboxylic acids is 1. The summed E-state index contributed by atoms with van der Waals surface area (Å²) in [6.07, 6.45) is 3.49. The van der Waals surface area contributed by atoms with E-state index in [1.165, 1.54) is 6.42 Å². The van der Waals surface area contributed by atoms with E-state index >= 15 is 0 Å². The Hall–Kier alpha value is -1.53. The summed E-state index contributed by atoms with van der Waals surface area (Å²) >= 11 is 5.93. The Balaban J connectivity index is 1.92. The number of nitriles is 1. The second-order valence-corrected chi connectivity index (χ2v) is 5.32. The first-order chi connectivity index (χ1) is 9.24. The van der Waals surface area contributed by atoms with E-state index in [4.69, 9.17) is 16.9 Å². The van der Waals surface area contributed by atoms with E-state index in [0.29, 0.717) is 35.4 Å². The summed E-state index contributed by atoms with van der Waals surface area (Å²) in [6.45, 7) is 0.674. The highest BCUT2D eigenvalue weighted by Gasteiger charge is 2.26. The van der Waals surface area contributed by atoms with Crippen molar-refractivity contribution in [2.75, 3.05) is 12.4 Å². The molecule has 0 radical (unpaired) electrons. The molecule has 1 amide bonds. The van der Waals surface area contributed by atoms with Gasteiger partial charge in [0.15, 0.2) is 0 Å². The number of carbonyl (C=O) groups is 1. The Morgan fingerprint density at radius 3 is 2.95 bits per heavy atom. The van der Waals surface area contributed by atoms with Crippen molar-refractivity contribution in [1.82, 2.24) is 5.32 Å². The molecule has 4 heteroatoms. The fourth-order valence-corrected chi connectivity index (χ4v) is 3.05. The van der Waals surface area contributed by atoms with Crippen LogP contribution in [0.5, 0.6) is 0 Å². The number of benzene rings is 1. The molecular formula is C15H17ClN2O. The molecule has 0 heterocycles. The molecule has 1 saturated carbocycles. The van der Waals surface area contributed by atoms with E-state index in [1.54, 1.807) is 24.3 Å². The van der Waals surface area contributed by atoms with Crippen LogP contribution in [0.1, 0.15) is 35.2 Å². The maximum absolute atomic E-state index is 12.0. The number of halogens is 1. The molecule has 1 aromatic carbocycles. The van der Waals surface area contributed by atoms with E-state index in [-0.39, 0.29) is 5.91 Å². The van der Waals surface area contributed by atoms with E-state index in [1.807, 2.05) is 6.07 Å². The Labute approximate surface area is 118 Å². The molecule has 1 N–H and O–H groups in total. The van der Waals surface area contributed by atoms with Gasteiger partial charge in [0, 0.05) is 18.0 Å². The zero-order valence-corrected chi connectivity index (χ0v) is 11.5. The van der Waals surface area contributed by atoms with Crippen molar-refractivity contribution in [3.63, 3.8) is 0 Å². The van der Waals surface area contributed by atoms with Crippen molar-refractivity contribution >= 4 is 17.5 Å². The molecule has 2 rings (SSSR count). The van der Waals surface area contributed by atoms with Gasteiger partial charge >= 0.3 is 0 Å². The van der Waals surface area contributed by atoms with E-state index in [9.17, 15) is 4.79 Å². The van der Waals surface area contributed by atoms with Gasteiger partial charge in [-0.2, -0.15) is 5.26 Å². The van der Waals surface area contributed by atoms with Crippen LogP contribution >= 0.6 is 11.6 Å². The first-order valence-electron chi connectivity index (χ1n) is 6.59. The lowest BCUT2D eigenvalue weighted by molar-refractivity contribution is 0.0944. The summed E-state index contributed by atoms with van der Waals surface area (Å²) in [4.78, 5) is 12.0. The summed E-state index contributed by atoms with van der Waals surface area (Å²) in [7, 11) is 0. The van der Waals surface area contributed by atoms with E-state index in [0.717, 1.165) is 12.8 Å². The van der Waals surface area contributed by atoms with Crippen molar-refractivity contribution in [3.8, 4) is 6.07 Å². The lowest BCUT2D eigenvalue weighted by Gasteiger charge is -2.17. The third kappa shape index (κ3) is 3.48. The number of alkyl halides is 1. The van der Waals surface area contributed by atoms with Gasteiger partial charge < -0.3 is 5.32 Å². The van der Waals surface area contributed by atoms with Gasteiger partial charge in [0.2, 0.25) is 0 Å². The van der Waals surface area contributed by atoms with Crippen molar-refractivity contribution in [2.24, 2.45) is 11.8 Å². The van der Waals surface area contributed by atoms with Gasteiger partial charge in [0.1, 0.15) is 0 Å². The van der Waals surface area contributed by atoms with Crippen molar-refractivity contribution < 1.29 is 4.79 Å². The van der Waals surface area contributed by atoms with Crippen LogP contribution < -0.4 is 5.32 Å². The first kappa shape index (κ1) is 13.9. The minimum atomic E-state index is -0.114. The largest absolute Gasteiger partial charge is 0.352 e. The maximum Gasteiger partial charge on any atom is 0.251 e. The number of hydrogen-bond donors (Lipinski definition) is 1. The number of rotatable bonds is 4. The molecule has 2 atom stereocenters. The van der Waals surface area contributed by atoms with Crippen molar-refractivity contribution in [1.29, 1.82) is 5.26 Å². The Morgan fingerprint density at radius 2 is 2.21 bits per heavy atom. The molecule has 0 aromatic heterocycles. The fraction of sp³-hybridized carbons (Fsp3) is 0.467. The van der Waals surface area contributed by atoms with Gasteiger partial charge in [-0.1, -0.05) is 12.5 Å². The van der Waals surface area contributed by atoms with Gasteiger partial charge in [-0.25, -0.2) is 0 Å². The van der Waals surface area contributed by atoms with Crippen LogP contribution in [0, 0.1) is 23.2 Å². The quantitative estimate of drug-likeness (QED) is 0.860. The monoisotopic (exact) mass is 276 g/mol. The highest BCUT2D eigenvalue weighted by molar-refractivity contribution is 6.18. The highest BCUT2D eigenvalue weighted by Crippen LogP contribution is 2.31. The SMILES string of the molecule is N#Cc1cccc(C(=O)NCC2CCCC2CCl)c1. The Morgan fingerprint density at radius 1 is 1.42 bits per heavy atom. The molecule has 100 valence electrons. The number of amides is 1. The summed E-state index contributed by atoms with van der Waals surface area (Å²) < 4.78 is 0. The van der Waals surface area contributed by atoms with E-state index in [2.05, 4.69) is 5.32 Å². The summed E-state index contributed by atoms with van der Waals surface area (Å²) in [6, 6.07) is 8.80. The predicted octanol–water partition coefficient (Wildman–Crippen LogP) is 2.94. The lowest BCUT2D eigenvalue weighted by Crippen LogP contribution is -2.31. The minimum absolute atomic E-state index is 0.114. The van der Waals surface area contributed by atoms with Crippen LogP contribution in [0.3, 0.4) is 0 Å². The molecule has 0 saturated heterocycles. The lowest BCUT2D eigenvalue weighted by atomic mass is 9.98. The average Bonchev–Trinajstić information content (AvgIpc) is 2.92. The second-order valence-electron chi connectivity index (χ2n) is 5.01. The number of nitrogens with zero attached hydrogens (tertiary/aromatic N) is 1. The summed E-state index contributed by atoms with van der Waals surface area (Å²) in [5.41, 5.74) is 1.05. The van der Waals surface area contributed by atoms with Gasteiger partial charge in [-0.05, 0) is 42.9 Å². The van der Waals surface area contributed by atoms with Crippen molar-refractivity contribution in [2.45, 2.75) is 19.3 Å².